The average molecular weight is 346 g/mol. The van der Waals surface area contributed by atoms with Crippen LogP contribution in [0.3, 0.4) is 0 Å². The van der Waals surface area contributed by atoms with Gasteiger partial charge in [0.25, 0.3) is 0 Å². The predicted molar refractivity (Wildman–Crippen MR) is 92.9 cm³/mol. The summed E-state index contributed by atoms with van der Waals surface area (Å²) in [7, 11) is 0. The SMILES string of the molecule is O=C(Nc1ccc(Nc2ccc(F)c(F)c2)cn1)NC1CCCCC1. The fraction of sp³-hybridized carbons (Fsp3) is 0.333. The van der Waals surface area contributed by atoms with Gasteiger partial charge < -0.3 is 10.6 Å². The largest absolute Gasteiger partial charge is 0.354 e. The van der Waals surface area contributed by atoms with Crippen LogP contribution < -0.4 is 16.0 Å². The number of amides is 2. The zero-order chi connectivity index (χ0) is 17.6. The van der Waals surface area contributed by atoms with E-state index < -0.39 is 11.6 Å². The highest BCUT2D eigenvalue weighted by molar-refractivity contribution is 5.88. The van der Waals surface area contributed by atoms with Crippen molar-refractivity contribution in [3.05, 3.63) is 48.2 Å². The first-order valence-electron chi connectivity index (χ1n) is 8.36. The summed E-state index contributed by atoms with van der Waals surface area (Å²) in [6, 6.07) is 6.86. The lowest BCUT2D eigenvalue weighted by atomic mass is 9.96. The molecule has 0 radical (unpaired) electrons. The molecule has 0 spiro atoms. The molecule has 0 atom stereocenters. The number of anilines is 3. The van der Waals surface area contributed by atoms with E-state index in [1.54, 1.807) is 12.1 Å². The number of carbonyl (C=O) groups excluding carboxylic acids is 1. The van der Waals surface area contributed by atoms with Crippen LogP contribution in [0.2, 0.25) is 0 Å². The first-order valence-corrected chi connectivity index (χ1v) is 8.36. The smallest absolute Gasteiger partial charge is 0.320 e. The summed E-state index contributed by atoms with van der Waals surface area (Å²) >= 11 is 0. The Bertz CT molecular complexity index is 730. The highest BCUT2D eigenvalue weighted by atomic mass is 19.2. The number of urea groups is 1. The van der Waals surface area contributed by atoms with Crippen molar-refractivity contribution in [1.29, 1.82) is 0 Å². The normalized spacial score (nSPS) is 14.8. The van der Waals surface area contributed by atoms with Gasteiger partial charge in [-0.15, -0.1) is 0 Å². The number of pyridine rings is 1. The van der Waals surface area contributed by atoms with Crippen LogP contribution in [0.25, 0.3) is 0 Å². The molecule has 1 fully saturated rings. The van der Waals surface area contributed by atoms with Gasteiger partial charge in [-0.25, -0.2) is 18.6 Å². The lowest BCUT2D eigenvalue weighted by Gasteiger charge is -2.22. The zero-order valence-corrected chi connectivity index (χ0v) is 13.7. The minimum absolute atomic E-state index is 0.225. The van der Waals surface area contributed by atoms with Crippen LogP contribution in [-0.4, -0.2) is 17.1 Å². The molecule has 0 saturated heterocycles. The quantitative estimate of drug-likeness (QED) is 0.760. The Kier molecular flexibility index (Phi) is 5.42. The van der Waals surface area contributed by atoms with E-state index in [9.17, 15) is 13.6 Å². The Morgan fingerprint density at radius 1 is 1.00 bits per heavy atom. The fourth-order valence-corrected chi connectivity index (χ4v) is 2.87. The summed E-state index contributed by atoms with van der Waals surface area (Å²) in [5.41, 5.74) is 1.01. The third-order valence-corrected chi connectivity index (χ3v) is 4.15. The molecule has 0 bridgehead atoms. The van der Waals surface area contributed by atoms with E-state index in [1.807, 2.05) is 0 Å². The molecule has 0 unspecified atom stereocenters. The summed E-state index contributed by atoms with van der Waals surface area (Å²) < 4.78 is 26.1. The molecule has 1 aliphatic carbocycles. The van der Waals surface area contributed by atoms with Gasteiger partial charge in [-0.1, -0.05) is 19.3 Å². The molecule has 132 valence electrons. The van der Waals surface area contributed by atoms with Crippen molar-refractivity contribution >= 4 is 23.2 Å². The summed E-state index contributed by atoms with van der Waals surface area (Å²) in [6.07, 6.45) is 7.06. The van der Waals surface area contributed by atoms with Crippen LogP contribution in [0.5, 0.6) is 0 Å². The molecule has 3 N–H and O–H groups in total. The second kappa shape index (κ2) is 7.92. The van der Waals surface area contributed by atoms with Crippen molar-refractivity contribution in [2.45, 2.75) is 38.1 Å². The molecule has 1 saturated carbocycles. The molecular formula is C18H20F2N4O. The minimum atomic E-state index is -0.921. The van der Waals surface area contributed by atoms with Gasteiger partial charge in [-0.3, -0.25) is 5.32 Å². The van der Waals surface area contributed by atoms with Gasteiger partial charge in [0.15, 0.2) is 11.6 Å². The molecule has 25 heavy (non-hydrogen) atoms. The van der Waals surface area contributed by atoms with E-state index >= 15 is 0 Å². The molecular weight excluding hydrogens is 326 g/mol. The van der Waals surface area contributed by atoms with Gasteiger partial charge in [0.2, 0.25) is 0 Å². The molecule has 1 aromatic heterocycles. The Balaban J connectivity index is 1.54. The zero-order valence-electron chi connectivity index (χ0n) is 13.7. The van der Waals surface area contributed by atoms with Crippen molar-refractivity contribution in [2.24, 2.45) is 0 Å². The van der Waals surface area contributed by atoms with E-state index in [0.717, 1.165) is 37.8 Å². The second-order valence-electron chi connectivity index (χ2n) is 6.12. The van der Waals surface area contributed by atoms with Crippen molar-refractivity contribution in [1.82, 2.24) is 10.3 Å². The lowest BCUT2D eigenvalue weighted by Crippen LogP contribution is -2.39. The first-order chi connectivity index (χ1) is 12.1. The predicted octanol–water partition coefficient (Wildman–Crippen LogP) is 4.56. The van der Waals surface area contributed by atoms with Crippen molar-refractivity contribution < 1.29 is 13.6 Å². The molecule has 1 heterocycles. The molecule has 2 aromatic rings. The molecule has 3 rings (SSSR count). The van der Waals surface area contributed by atoms with Gasteiger partial charge in [-0.2, -0.15) is 0 Å². The standard InChI is InChI=1S/C18H20F2N4O/c19-15-8-6-13(10-16(15)20)22-14-7-9-17(21-11-14)24-18(25)23-12-4-2-1-3-5-12/h6-12,22H,1-5H2,(H2,21,23,24,25). The van der Waals surface area contributed by atoms with Crippen molar-refractivity contribution in [3.63, 3.8) is 0 Å². The highest BCUT2D eigenvalue weighted by Crippen LogP contribution is 2.20. The maximum atomic E-state index is 13.2. The van der Waals surface area contributed by atoms with E-state index in [4.69, 9.17) is 0 Å². The van der Waals surface area contributed by atoms with Crippen LogP contribution in [0, 0.1) is 11.6 Å². The number of benzene rings is 1. The number of hydrogen-bond acceptors (Lipinski definition) is 3. The number of rotatable bonds is 4. The van der Waals surface area contributed by atoms with Gasteiger partial charge in [-0.05, 0) is 37.1 Å². The van der Waals surface area contributed by atoms with Gasteiger partial charge in [0.1, 0.15) is 5.82 Å². The van der Waals surface area contributed by atoms with Crippen molar-refractivity contribution in [2.75, 3.05) is 10.6 Å². The van der Waals surface area contributed by atoms with Gasteiger partial charge in [0.05, 0.1) is 11.9 Å². The molecule has 1 aromatic carbocycles. The van der Waals surface area contributed by atoms with Crippen LogP contribution in [0.15, 0.2) is 36.5 Å². The number of hydrogen-bond donors (Lipinski definition) is 3. The van der Waals surface area contributed by atoms with Crippen LogP contribution in [0.1, 0.15) is 32.1 Å². The first kappa shape index (κ1) is 17.1. The number of carbonyl (C=O) groups is 1. The maximum absolute atomic E-state index is 13.2. The highest BCUT2D eigenvalue weighted by Gasteiger charge is 2.15. The Labute approximate surface area is 144 Å². The van der Waals surface area contributed by atoms with E-state index in [1.165, 1.54) is 18.7 Å². The third kappa shape index (κ3) is 4.89. The number of aromatic nitrogens is 1. The number of nitrogens with zero attached hydrogens (tertiary/aromatic N) is 1. The molecule has 5 nitrogen and oxygen atoms in total. The summed E-state index contributed by atoms with van der Waals surface area (Å²) in [4.78, 5) is 16.1. The molecule has 2 amide bonds. The Morgan fingerprint density at radius 2 is 1.76 bits per heavy atom. The van der Waals surface area contributed by atoms with E-state index in [-0.39, 0.29) is 12.1 Å². The molecule has 0 aliphatic heterocycles. The second-order valence-corrected chi connectivity index (χ2v) is 6.12. The summed E-state index contributed by atoms with van der Waals surface area (Å²) in [6.45, 7) is 0. The Hall–Kier alpha value is -2.70. The monoisotopic (exact) mass is 346 g/mol. The topological polar surface area (TPSA) is 66.0 Å². The van der Waals surface area contributed by atoms with Crippen LogP contribution in [-0.2, 0) is 0 Å². The average Bonchev–Trinajstić information content (AvgIpc) is 2.61. The molecule has 7 heteroatoms. The van der Waals surface area contributed by atoms with Gasteiger partial charge in [0, 0.05) is 17.8 Å². The molecule has 1 aliphatic rings. The fourth-order valence-electron chi connectivity index (χ4n) is 2.87. The van der Waals surface area contributed by atoms with E-state index in [2.05, 4.69) is 20.9 Å². The van der Waals surface area contributed by atoms with Crippen LogP contribution in [0.4, 0.5) is 30.8 Å². The van der Waals surface area contributed by atoms with Crippen LogP contribution >= 0.6 is 0 Å². The number of halogens is 2. The lowest BCUT2D eigenvalue weighted by molar-refractivity contribution is 0.244. The Morgan fingerprint density at radius 3 is 2.44 bits per heavy atom. The van der Waals surface area contributed by atoms with Gasteiger partial charge >= 0.3 is 6.03 Å². The summed E-state index contributed by atoms with van der Waals surface area (Å²) in [5.74, 6) is -1.40. The third-order valence-electron chi connectivity index (χ3n) is 4.15. The minimum Gasteiger partial charge on any atom is -0.354 e. The number of nitrogens with one attached hydrogen (secondary N) is 3. The van der Waals surface area contributed by atoms with Crippen molar-refractivity contribution in [3.8, 4) is 0 Å². The van der Waals surface area contributed by atoms with E-state index in [0.29, 0.717) is 17.2 Å². The maximum Gasteiger partial charge on any atom is 0.320 e. The summed E-state index contributed by atoms with van der Waals surface area (Å²) in [5, 5.41) is 8.57.